The first-order chi connectivity index (χ1) is 6.32. The Morgan fingerprint density at radius 1 is 1.62 bits per heavy atom. The van der Waals surface area contributed by atoms with Gasteiger partial charge in [-0.15, -0.1) is 0 Å². The van der Waals surface area contributed by atoms with Gasteiger partial charge in [-0.1, -0.05) is 6.42 Å². The van der Waals surface area contributed by atoms with E-state index in [1.54, 1.807) is 6.33 Å². The molecule has 0 spiro atoms. The van der Waals surface area contributed by atoms with Crippen molar-refractivity contribution in [2.24, 2.45) is 5.73 Å². The van der Waals surface area contributed by atoms with Crippen LogP contribution in [0.3, 0.4) is 0 Å². The van der Waals surface area contributed by atoms with Crippen LogP contribution in [-0.4, -0.2) is 21.3 Å². The molecule has 2 rings (SSSR count). The van der Waals surface area contributed by atoms with Crippen LogP contribution in [0.5, 0.6) is 0 Å². The fraction of sp³-hybridized carbons (Fsp3) is 0.778. The Balaban J connectivity index is 2.32. The minimum absolute atomic E-state index is 0.145. The average Bonchev–Trinajstić information content (AvgIpc) is 2.52. The van der Waals surface area contributed by atoms with E-state index in [1.165, 1.54) is 19.3 Å². The zero-order valence-electron chi connectivity index (χ0n) is 8.03. The van der Waals surface area contributed by atoms with E-state index < -0.39 is 0 Å². The second-order valence-corrected chi connectivity index (χ2v) is 3.74. The van der Waals surface area contributed by atoms with E-state index in [-0.39, 0.29) is 5.41 Å². The summed E-state index contributed by atoms with van der Waals surface area (Å²) in [6.45, 7) is 3.67. The first-order valence-electron chi connectivity index (χ1n) is 4.91. The Labute approximate surface area is 78.1 Å². The minimum atomic E-state index is 0.145. The normalized spacial score (nSPS) is 19.8. The number of aromatic nitrogens is 3. The van der Waals surface area contributed by atoms with Crippen molar-refractivity contribution >= 4 is 0 Å². The van der Waals surface area contributed by atoms with Crippen molar-refractivity contribution in [1.29, 1.82) is 0 Å². The van der Waals surface area contributed by atoms with Gasteiger partial charge in [-0.3, -0.25) is 0 Å². The van der Waals surface area contributed by atoms with Crippen LogP contribution in [0.25, 0.3) is 0 Å². The zero-order chi connectivity index (χ0) is 9.31. The lowest BCUT2D eigenvalue weighted by molar-refractivity contribution is 0.227. The van der Waals surface area contributed by atoms with Gasteiger partial charge < -0.3 is 5.73 Å². The highest BCUT2D eigenvalue weighted by molar-refractivity contribution is 5.13. The molecule has 4 heteroatoms. The second-order valence-electron chi connectivity index (χ2n) is 3.74. The highest BCUT2D eigenvalue weighted by atomic mass is 15.3. The summed E-state index contributed by atoms with van der Waals surface area (Å²) >= 11 is 0. The summed E-state index contributed by atoms with van der Waals surface area (Å²) in [4.78, 5) is 4.32. The van der Waals surface area contributed by atoms with Crippen molar-refractivity contribution in [2.75, 3.05) is 6.54 Å². The summed E-state index contributed by atoms with van der Waals surface area (Å²) in [5, 5.41) is 4.18. The molecule has 1 aliphatic carbocycles. The van der Waals surface area contributed by atoms with Crippen LogP contribution < -0.4 is 5.73 Å². The predicted octanol–water partition coefficient (Wildman–Crippen LogP) is 0.678. The molecular formula is C9H16N4. The summed E-state index contributed by atoms with van der Waals surface area (Å²) in [5.74, 6) is 1.09. The highest BCUT2D eigenvalue weighted by Gasteiger charge is 2.41. The molecule has 72 valence electrons. The molecule has 1 aromatic rings. The zero-order valence-corrected chi connectivity index (χ0v) is 8.03. The van der Waals surface area contributed by atoms with Gasteiger partial charge in [-0.25, -0.2) is 9.67 Å². The molecular weight excluding hydrogens is 164 g/mol. The van der Waals surface area contributed by atoms with Crippen LogP contribution in [0.1, 0.15) is 32.0 Å². The number of aryl methyl sites for hydroxylation is 1. The molecule has 13 heavy (non-hydrogen) atoms. The van der Waals surface area contributed by atoms with Crippen LogP contribution in [0.2, 0.25) is 0 Å². The number of rotatable bonds is 3. The second kappa shape index (κ2) is 3.10. The lowest BCUT2D eigenvalue weighted by Crippen LogP contribution is -2.43. The quantitative estimate of drug-likeness (QED) is 0.744. The van der Waals surface area contributed by atoms with E-state index in [9.17, 15) is 0 Å². The molecule has 1 fully saturated rings. The van der Waals surface area contributed by atoms with E-state index in [4.69, 9.17) is 5.73 Å². The maximum Gasteiger partial charge on any atom is 0.138 e. The molecule has 0 aromatic carbocycles. The van der Waals surface area contributed by atoms with Crippen molar-refractivity contribution in [3.8, 4) is 0 Å². The Morgan fingerprint density at radius 3 is 2.85 bits per heavy atom. The standard InChI is InChI=1S/C9H16N4/c1-2-13-8(11-7-12-13)9(6-10)4-3-5-9/h7H,2-6,10H2,1H3. The van der Waals surface area contributed by atoms with E-state index in [0.29, 0.717) is 6.54 Å². The lowest BCUT2D eigenvalue weighted by Gasteiger charge is -2.39. The van der Waals surface area contributed by atoms with E-state index in [2.05, 4.69) is 17.0 Å². The van der Waals surface area contributed by atoms with Crippen molar-refractivity contribution in [3.05, 3.63) is 12.2 Å². The molecule has 1 aliphatic rings. The maximum absolute atomic E-state index is 5.80. The molecule has 0 bridgehead atoms. The average molecular weight is 180 g/mol. The summed E-state index contributed by atoms with van der Waals surface area (Å²) in [5.41, 5.74) is 5.95. The molecule has 1 saturated carbocycles. The molecule has 0 radical (unpaired) electrons. The molecule has 0 aliphatic heterocycles. The fourth-order valence-corrected chi connectivity index (χ4v) is 2.03. The van der Waals surface area contributed by atoms with Gasteiger partial charge >= 0.3 is 0 Å². The third-order valence-electron chi connectivity index (χ3n) is 3.09. The van der Waals surface area contributed by atoms with Gasteiger partial charge in [-0.2, -0.15) is 5.10 Å². The van der Waals surface area contributed by atoms with Crippen LogP contribution >= 0.6 is 0 Å². The van der Waals surface area contributed by atoms with Crippen LogP contribution in [-0.2, 0) is 12.0 Å². The largest absolute Gasteiger partial charge is 0.329 e. The Morgan fingerprint density at radius 2 is 2.38 bits per heavy atom. The fourth-order valence-electron chi connectivity index (χ4n) is 2.03. The van der Waals surface area contributed by atoms with Gasteiger partial charge in [0, 0.05) is 18.5 Å². The Kier molecular flexibility index (Phi) is 2.07. The molecule has 2 N–H and O–H groups in total. The van der Waals surface area contributed by atoms with Gasteiger partial charge in [0.15, 0.2) is 0 Å². The molecule has 0 atom stereocenters. The van der Waals surface area contributed by atoms with Crippen molar-refractivity contribution in [1.82, 2.24) is 14.8 Å². The van der Waals surface area contributed by atoms with Crippen molar-refractivity contribution in [2.45, 2.75) is 38.1 Å². The Hall–Kier alpha value is -0.900. The molecule has 1 aromatic heterocycles. The summed E-state index contributed by atoms with van der Waals surface area (Å²) in [6.07, 6.45) is 5.24. The van der Waals surface area contributed by atoms with Gasteiger partial charge in [0.2, 0.25) is 0 Å². The third kappa shape index (κ3) is 1.16. The van der Waals surface area contributed by atoms with Gasteiger partial charge in [0.1, 0.15) is 12.2 Å². The molecule has 0 amide bonds. The number of hydrogen-bond donors (Lipinski definition) is 1. The number of nitrogens with two attached hydrogens (primary N) is 1. The van der Waals surface area contributed by atoms with E-state index in [1.807, 2.05) is 4.68 Å². The van der Waals surface area contributed by atoms with Gasteiger partial charge in [0.25, 0.3) is 0 Å². The first-order valence-corrected chi connectivity index (χ1v) is 4.91. The molecule has 0 unspecified atom stereocenters. The highest BCUT2D eigenvalue weighted by Crippen LogP contribution is 2.41. The predicted molar refractivity (Wildman–Crippen MR) is 50.3 cm³/mol. The van der Waals surface area contributed by atoms with E-state index in [0.717, 1.165) is 12.4 Å². The van der Waals surface area contributed by atoms with Gasteiger partial charge in [-0.05, 0) is 19.8 Å². The van der Waals surface area contributed by atoms with Crippen molar-refractivity contribution in [3.63, 3.8) is 0 Å². The van der Waals surface area contributed by atoms with Crippen molar-refractivity contribution < 1.29 is 0 Å². The maximum atomic E-state index is 5.80. The molecule has 1 heterocycles. The summed E-state index contributed by atoms with van der Waals surface area (Å²) in [6, 6.07) is 0. The molecule has 0 saturated heterocycles. The topological polar surface area (TPSA) is 56.7 Å². The molecule has 4 nitrogen and oxygen atoms in total. The summed E-state index contributed by atoms with van der Waals surface area (Å²) in [7, 11) is 0. The van der Waals surface area contributed by atoms with Crippen LogP contribution in [0.4, 0.5) is 0 Å². The summed E-state index contributed by atoms with van der Waals surface area (Å²) < 4.78 is 1.96. The Bertz CT molecular complexity index is 282. The lowest BCUT2D eigenvalue weighted by atomic mass is 9.68. The minimum Gasteiger partial charge on any atom is -0.329 e. The first kappa shape index (κ1) is 8.69. The van der Waals surface area contributed by atoms with Crippen LogP contribution in [0, 0.1) is 0 Å². The SMILES string of the molecule is CCn1ncnc1C1(CN)CCC1. The van der Waals surface area contributed by atoms with Gasteiger partial charge in [0.05, 0.1) is 0 Å². The van der Waals surface area contributed by atoms with Crippen LogP contribution in [0.15, 0.2) is 6.33 Å². The van der Waals surface area contributed by atoms with E-state index >= 15 is 0 Å². The smallest absolute Gasteiger partial charge is 0.138 e. The third-order valence-corrected chi connectivity index (χ3v) is 3.09. The number of nitrogens with zero attached hydrogens (tertiary/aromatic N) is 3. The monoisotopic (exact) mass is 180 g/mol. The number of hydrogen-bond acceptors (Lipinski definition) is 3.